The molecule has 0 radical (unpaired) electrons. The number of nitrogens with zero attached hydrogens (tertiary/aromatic N) is 2. The van der Waals surface area contributed by atoms with Gasteiger partial charge in [0.1, 0.15) is 0 Å². The second-order valence-electron chi connectivity index (χ2n) is 13.0. The number of pyridine rings is 2. The van der Waals surface area contributed by atoms with E-state index in [-0.39, 0.29) is 6.71 Å². The van der Waals surface area contributed by atoms with Crippen LogP contribution in [0.3, 0.4) is 0 Å². The average molecular weight is 585 g/mol. The second kappa shape index (κ2) is 11.7. The minimum atomic E-state index is 0.133. The first-order valence-electron chi connectivity index (χ1n) is 15.9. The molecule has 0 aliphatic rings. The van der Waals surface area contributed by atoms with E-state index in [0.29, 0.717) is 0 Å². The van der Waals surface area contributed by atoms with Gasteiger partial charge in [-0.15, -0.1) is 0 Å². The van der Waals surface area contributed by atoms with Crippen LogP contribution in [-0.2, 0) is 0 Å². The minimum absolute atomic E-state index is 0.133. The first-order chi connectivity index (χ1) is 21.5. The van der Waals surface area contributed by atoms with Gasteiger partial charge in [0.2, 0.25) is 6.71 Å². The SMILES string of the molecule is Cc1cc(C)c(B(c2c(C)cc(C)cc2C)c2c(C)c(C)c(C#Cc3cc4cccnc4c4ncccc34)c(C)c2C)c(C)c1. The Morgan fingerprint density at radius 1 is 0.511 bits per heavy atom. The molecule has 0 fully saturated rings. The van der Waals surface area contributed by atoms with E-state index in [2.05, 4.69) is 134 Å². The van der Waals surface area contributed by atoms with Gasteiger partial charge in [-0.2, -0.15) is 0 Å². The molecule has 2 aromatic heterocycles. The van der Waals surface area contributed by atoms with Gasteiger partial charge < -0.3 is 0 Å². The molecule has 0 atom stereocenters. The lowest BCUT2D eigenvalue weighted by molar-refractivity contribution is 1.24. The van der Waals surface area contributed by atoms with Gasteiger partial charge in [0.05, 0.1) is 11.0 Å². The number of hydrogen-bond acceptors (Lipinski definition) is 2. The van der Waals surface area contributed by atoms with Gasteiger partial charge in [-0.05, 0) is 105 Å². The van der Waals surface area contributed by atoms with Crippen LogP contribution in [-0.4, -0.2) is 16.7 Å². The van der Waals surface area contributed by atoms with Crippen molar-refractivity contribution in [3.63, 3.8) is 0 Å². The van der Waals surface area contributed by atoms with Crippen LogP contribution in [0.15, 0.2) is 67.0 Å². The Kier molecular flexibility index (Phi) is 7.88. The van der Waals surface area contributed by atoms with Crippen LogP contribution in [0.1, 0.15) is 66.8 Å². The summed E-state index contributed by atoms with van der Waals surface area (Å²) in [6.07, 6.45) is 3.66. The van der Waals surface area contributed by atoms with E-state index in [1.807, 2.05) is 24.5 Å². The zero-order valence-electron chi connectivity index (χ0n) is 28.3. The van der Waals surface area contributed by atoms with E-state index in [4.69, 9.17) is 0 Å². The first kappa shape index (κ1) is 30.4. The molecule has 0 saturated carbocycles. The van der Waals surface area contributed by atoms with Crippen molar-refractivity contribution in [1.29, 1.82) is 0 Å². The van der Waals surface area contributed by atoms with E-state index >= 15 is 0 Å². The summed E-state index contributed by atoms with van der Waals surface area (Å²) in [5, 5.41) is 2.09. The van der Waals surface area contributed by atoms with Gasteiger partial charge in [-0.3, -0.25) is 9.97 Å². The maximum Gasteiger partial charge on any atom is 0.243 e. The van der Waals surface area contributed by atoms with Gasteiger partial charge in [0.25, 0.3) is 0 Å². The molecular formula is C42H41BN2. The highest BCUT2D eigenvalue weighted by Gasteiger charge is 2.32. The normalized spacial score (nSPS) is 11.2. The van der Waals surface area contributed by atoms with Crippen LogP contribution >= 0.6 is 0 Å². The lowest BCUT2D eigenvalue weighted by Crippen LogP contribution is -2.57. The topological polar surface area (TPSA) is 25.8 Å². The van der Waals surface area contributed by atoms with Gasteiger partial charge in [0, 0.05) is 34.3 Å². The largest absolute Gasteiger partial charge is 0.254 e. The Hall–Kier alpha value is -4.68. The van der Waals surface area contributed by atoms with Crippen molar-refractivity contribution in [3.05, 3.63) is 134 Å². The molecular weight excluding hydrogens is 543 g/mol. The number of benzene rings is 4. The summed E-state index contributed by atoms with van der Waals surface area (Å²) < 4.78 is 0. The molecule has 0 unspecified atom stereocenters. The number of aromatic nitrogens is 2. The molecule has 45 heavy (non-hydrogen) atoms. The molecule has 0 spiro atoms. The molecule has 6 aromatic rings. The van der Waals surface area contributed by atoms with Crippen LogP contribution in [0.2, 0.25) is 0 Å². The molecule has 2 heterocycles. The third kappa shape index (κ3) is 5.23. The van der Waals surface area contributed by atoms with Crippen LogP contribution in [0, 0.1) is 81.1 Å². The molecule has 0 saturated heterocycles. The fraction of sp³-hybridized carbons (Fsp3) is 0.238. The highest BCUT2D eigenvalue weighted by atomic mass is 14.7. The summed E-state index contributed by atoms with van der Waals surface area (Å²) >= 11 is 0. The Balaban J connectivity index is 1.60. The predicted molar refractivity (Wildman–Crippen MR) is 194 cm³/mol. The molecule has 2 nitrogen and oxygen atoms in total. The van der Waals surface area contributed by atoms with E-state index in [1.165, 1.54) is 72.0 Å². The van der Waals surface area contributed by atoms with Crippen molar-refractivity contribution in [2.75, 3.05) is 0 Å². The summed E-state index contributed by atoms with van der Waals surface area (Å²) in [4.78, 5) is 9.31. The van der Waals surface area contributed by atoms with Crippen molar-refractivity contribution >= 4 is 44.9 Å². The minimum Gasteiger partial charge on any atom is -0.254 e. The zero-order valence-corrected chi connectivity index (χ0v) is 28.3. The third-order valence-corrected chi connectivity index (χ3v) is 9.81. The highest BCUT2D eigenvalue weighted by Crippen LogP contribution is 2.26. The van der Waals surface area contributed by atoms with E-state index < -0.39 is 0 Å². The summed E-state index contributed by atoms with van der Waals surface area (Å²) in [6.45, 7) is 22.8. The Bertz CT molecular complexity index is 2100. The second-order valence-corrected chi connectivity index (χ2v) is 13.0. The molecule has 0 amide bonds. The van der Waals surface area contributed by atoms with Crippen molar-refractivity contribution in [3.8, 4) is 11.8 Å². The summed E-state index contributed by atoms with van der Waals surface area (Å²) in [7, 11) is 0. The molecule has 0 bridgehead atoms. The fourth-order valence-electron chi connectivity index (χ4n) is 7.70. The van der Waals surface area contributed by atoms with Gasteiger partial charge in [-0.25, -0.2) is 0 Å². The monoisotopic (exact) mass is 584 g/mol. The number of rotatable bonds is 3. The van der Waals surface area contributed by atoms with E-state index in [9.17, 15) is 0 Å². The van der Waals surface area contributed by atoms with Crippen LogP contribution in [0.4, 0.5) is 0 Å². The standard InChI is InChI=1S/C42H41BN2/c1-24-19-26(3)38(27(4)20-24)43(39-28(5)21-25(2)22-29(39)6)40-32(9)30(7)36(31(8)33(40)10)16-15-34-23-35-13-11-17-44-41(35)42-37(34)14-12-18-45-42/h11-14,17-23H,1-10H3. The summed E-state index contributed by atoms with van der Waals surface area (Å²) in [5.41, 5.74) is 21.3. The van der Waals surface area contributed by atoms with E-state index in [0.717, 1.165) is 32.9 Å². The number of fused-ring (bicyclic) bond motifs is 3. The average Bonchev–Trinajstić information content (AvgIpc) is 2.99. The van der Waals surface area contributed by atoms with Crippen molar-refractivity contribution in [2.45, 2.75) is 69.2 Å². The summed E-state index contributed by atoms with van der Waals surface area (Å²) in [6, 6.07) is 19.7. The molecule has 6 rings (SSSR count). The Morgan fingerprint density at radius 3 is 1.53 bits per heavy atom. The number of hydrogen-bond donors (Lipinski definition) is 0. The van der Waals surface area contributed by atoms with Gasteiger partial charge in [-0.1, -0.05) is 103 Å². The molecule has 4 aromatic carbocycles. The first-order valence-corrected chi connectivity index (χ1v) is 15.9. The Morgan fingerprint density at radius 2 is 1.00 bits per heavy atom. The van der Waals surface area contributed by atoms with Crippen LogP contribution in [0.5, 0.6) is 0 Å². The lowest BCUT2D eigenvalue weighted by atomic mass is 9.32. The predicted octanol–water partition coefficient (Wildman–Crippen LogP) is 7.78. The zero-order chi connectivity index (χ0) is 32.2. The van der Waals surface area contributed by atoms with Crippen molar-refractivity contribution < 1.29 is 0 Å². The third-order valence-electron chi connectivity index (χ3n) is 9.81. The van der Waals surface area contributed by atoms with Crippen molar-refractivity contribution in [2.24, 2.45) is 0 Å². The molecule has 3 heteroatoms. The molecule has 0 aliphatic carbocycles. The smallest absolute Gasteiger partial charge is 0.243 e. The quantitative estimate of drug-likeness (QED) is 0.121. The molecule has 0 N–H and O–H groups in total. The van der Waals surface area contributed by atoms with Crippen LogP contribution < -0.4 is 16.4 Å². The number of aryl methyl sites for hydroxylation is 6. The van der Waals surface area contributed by atoms with E-state index in [1.54, 1.807) is 0 Å². The van der Waals surface area contributed by atoms with Gasteiger partial charge >= 0.3 is 0 Å². The van der Waals surface area contributed by atoms with Gasteiger partial charge in [0.15, 0.2) is 0 Å². The highest BCUT2D eigenvalue weighted by molar-refractivity contribution is 6.97. The molecule has 222 valence electrons. The molecule has 0 aliphatic heterocycles. The Labute approximate surface area is 269 Å². The van der Waals surface area contributed by atoms with Crippen LogP contribution in [0.25, 0.3) is 21.8 Å². The lowest BCUT2D eigenvalue weighted by Gasteiger charge is -2.29. The van der Waals surface area contributed by atoms with Crippen molar-refractivity contribution in [1.82, 2.24) is 9.97 Å². The maximum atomic E-state index is 4.69. The maximum absolute atomic E-state index is 4.69. The summed E-state index contributed by atoms with van der Waals surface area (Å²) in [5.74, 6) is 7.22. The fourth-order valence-corrected chi connectivity index (χ4v) is 7.70.